The van der Waals surface area contributed by atoms with Crippen molar-refractivity contribution in [2.45, 2.75) is 37.9 Å². The zero-order chi connectivity index (χ0) is 16.9. The summed E-state index contributed by atoms with van der Waals surface area (Å²) in [5.74, 6) is -3.29. The number of halogens is 2. The van der Waals surface area contributed by atoms with Crippen LogP contribution < -0.4 is 10.6 Å². The van der Waals surface area contributed by atoms with Crippen LogP contribution in [0.4, 0.5) is 13.6 Å². The molecule has 128 valence electrons. The van der Waals surface area contributed by atoms with Gasteiger partial charge in [-0.15, -0.1) is 0 Å². The average Bonchev–Trinajstić information content (AvgIpc) is 2.86. The van der Waals surface area contributed by atoms with E-state index in [4.69, 9.17) is 5.11 Å². The fraction of sp³-hybridized carbons (Fsp3) is 0.562. The monoisotopic (exact) mass is 327 g/mol. The highest BCUT2D eigenvalue weighted by molar-refractivity contribution is 5.74. The van der Waals surface area contributed by atoms with E-state index in [2.05, 4.69) is 34.6 Å². The molecule has 0 aromatic heterocycles. The summed E-state index contributed by atoms with van der Waals surface area (Å²) in [6.45, 7) is 1.41. The lowest BCUT2D eigenvalue weighted by Crippen LogP contribution is -2.47. The molecule has 1 fully saturated rings. The van der Waals surface area contributed by atoms with E-state index in [1.165, 1.54) is 5.56 Å². The Labute approximate surface area is 134 Å². The molecule has 23 heavy (non-hydrogen) atoms. The minimum Gasteiger partial charge on any atom is -0.390 e. The first-order chi connectivity index (χ1) is 10.9. The molecule has 0 bridgehead atoms. The van der Waals surface area contributed by atoms with Crippen LogP contribution in [0.15, 0.2) is 30.3 Å². The Hall–Kier alpha value is -1.73. The highest BCUT2D eigenvalue weighted by Crippen LogP contribution is 2.20. The third-order valence-corrected chi connectivity index (χ3v) is 4.01. The van der Waals surface area contributed by atoms with Crippen LogP contribution in [0.25, 0.3) is 0 Å². The standard InChI is InChI=1S/C16H23F2N3O2/c1-12-7-14(20-15(23)19-10-16(17,18)11-22)9-21(12)8-13-5-3-2-4-6-13/h2-6,12,14,22H,7-11H2,1H3,(H2,19,20,23)/t12-,14+/m1/s1. The molecule has 0 radical (unpaired) electrons. The second kappa shape index (κ2) is 7.70. The summed E-state index contributed by atoms with van der Waals surface area (Å²) in [5, 5.41) is 13.3. The molecule has 5 nitrogen and oxygen atoms in total. The molecule has 1 aromatic rings. The van der Waals surface area contributed by atoms with Gasteiger partial charge in [-0.1, -0.05) is 30.3 Å². The second-order valence-electron chi connectivity index (χ2n) is 6.04. The lowest BCUT2D eigenvalue weighted by molar-refractivity contribution is -0.0454. The minimum absolute atomic E-state index is 0.0727. The molecule has 0 unspecified atom stereocenters. The van der Waals surface area contributed by atoms with Gasteiger partial charge in [0, 0.05) is 25.2 Å². The van der Waals surface area contributed by atoms with Crippen LogP contribution in [-0.4, -0.2) is 53.7 Å². The molecule has 1 aliphatic heterocycles. The van der Waals surface area contributed by atoms with Crippen LogP contribution in [0.5, 0.6) is 0 Å². The van der Waals surface area contributed by atoms with Crippen molar-refractivity contribution in [3.05, 3.63) is 35.9 Å². The molecule has 7 heteroatoms. The Kier molecular flexibility index (Phi) is 5.90. The van der Waals surface area contributed by atoms with Gasteiger partial charge in [0.05, 0.1) is 6.54 Å². The maximum Gasteiger partial charge on any atom is 0.315 e. The van der Waals surface area contributed by atoms with Crippen LogP contribution in [-0.2, 0) is 6.54 Å². The lowest BCUT2D eigenvalue weighted by Gasteiger charge is -2.21. The van der Waals surface area contributed by atoms with E-state index in [0.717, 1.165) is 13.0 Å². The Balaban J connectivity index is 1.78. The molecular weight excluding hydrogens is 304 g/mol. The summed E-state index contributed by atoms with van der Waals surface area (Å²) in [4.78, 5) is 13.9. The van der Waals surface area contributed by atoms with Crippen molar-refractivity contribution >= 4 is 6.03 Å². The largest absolute Gasteiger partial charge is 0.390 e. The van der Waals surface area contributed by atoms with E-state index in [1.807, 2.05) is 18.2 Å². The van der Waals surface area contributed by atoms with E-state index in [0.29, 0.717) is 12.6 Å². The third-order valence-electron chi connectivity index (χ3n) is 4.01. The van der Waals surface area contributed by atoms with Crippen molar-refractivity contribution < 1.29 is 18.7 Å². The Bertz CT molecular complexity index is 513. The first kappa shape index (κ1) is 17.6. The number of alkyl halides is 2. The van der Waals surface area contributed by atoms with Gasteiger partial charge >= 0.3 is 6.03 Å². The number of hydrogen-bond donors (Lipinski definition) is 3. The van der Waals surface area contributed by atoms with Crippen LogP contribution >= 0.6 is 0 Å². The fourth-order valence-electron chi connectivity index (χ4n) is 2.74. The number of aliphatic hydroxyl groups is 1. The van der Waals surface area contributed by atoms with E-state index in [9.17, 15) is 13.6 Å². The van der Waals surface area contributed by atoms with E-state index >= 15 is 0 Å². The summed E-state index contributed by atoms with van der Waals surface area (Å²) in [5.41, 5.74) is 1.20. The summed E-state index contributed by atoms with van der Waals surface area (Å²) in [6, 6.07) is 9.65. The normalized spacial score (nSPS) is 22.1. The number of nitrogens with zero attached hydrogens (tertiary/aromatic N) is 1. The predicted octanol–water partition coefficient (Wildman–Crippen LogP) is 1.58. The Morgan fingerprint density at radius 2 is 2.09 bits per heavy atom. The van der Waals surface area contributed by atoms with Crippen molar-refractivity contribution in [3.63, 3.8) is 0 Å². The van der Waals surface area contributed by atoms with Gasteiger partial charge in [0.25, 0.3) is 5.92 Å². The lowest BCUT2D eigenvalue weighted by atomic mass is 10.2. The Morgan fingerprint density at radius 3 is 2.74 bits per heavy atom. The maximum absolute atomic E-state index is 12.9. The molecule has 2 rings (SSSR count). The smallest absolute Gasteiger partial charge is 0.315 e. The van der Waals surface area contributed by atoms with Gasteiger partial charge < -0.3 is 15.7 Å². The van der Waals surface area contributed by atoms with Crippen LogP contribution in [0.2, 0.25) is 0 Å². The van der Waals surface area contributed by atoms with Gasteiger partial charge in [0.1, 0.15) is 6.61 Å². The first-order valence-electron chi connectivity index (χ1n) is 7.70. The highest BCUT2D eigenvalue weighted by atomic mass is 19.3. The molecule has 2 amide bonds. The van der Waals surface area contributed by atoms with E-state index in [1.54, 1.807) is 0 Å². The van der Waals surface area contributed by atoms with E-state index < -0.39 is 25.1 Å². The van der Waals surface area contributed by atoms with Crippen LogP contribution in [0.3, 0.4) is 0 Å². The van der Waals surface area contributed by atoms with E-state index in [-0.39, 0.29) is 6.04 Å². The number of likely N-dealkylation sites (tertiary alicyclic amines) is 1. The molecule has 1 heterocycles. The predicted molar refractivity (Wildman–Crippen MR) is 83.3 cm³/mol. The molecule has 0 aliphatic carbocycles. The quantitative estimate of drug-likeness (QED) is 0.743. The number of hydrogen-bond acceptors (Lipinski definition) is 3. The van der Waals surface area contributed by atoms with Gasteiger partial charge in [-0.3, -0.25) is 4.90 Å². The molecule has 3 N–H and O–H groups in total. The third kappa shape index (κ3) is 5.44. The molecule has 1 aliphatic rings. The van der Waals surface area contributed by atoms with Crippen LogP contribution in [0, 0.1) is 0 Å². The second-order valence-corrected chi connectivity index (χ2v) is 6.04. The number of nitrogens with one attached hydrogen (secondary N) is 2. The number of carbonyl (C=O) groups is 1. The SMILES string of the molecule is C[C@@H]1C[C@H](NC(=O)NCC(F)(F)CO)CN1Cc1ccccc1. The van der Waals surface area contributed by atoms with Crippen molar-refractivity contribution in [2.24, 2.45) is 0 Å². The summed E-state index contributed by atoms with van der Waals surface area (Å²) < 4.78 is 25.8. The van der Waals surface area contributed by atoms with Gasteiger partial charge in [-0.05, 0) is 18.9 Å². The molecular formula is C16H23F2N3O2. The summed E-state index contributed by atoms with van der Waals surface area (Å²) in [7, 11) is 0. The van der Waals surface area contributed by atoms with Gasteiger partial charge in [0.15, 0.2) is 0 Å². The number of urea groups is 1. The fourth-order valence-corrected chi connectivity index (χ4v) is 2.74. The highest BCUT2D eigenvalue weighted by Gasteiger charge is 2.31. The van der Waals surface area contributed by atoms with Gasteiger partial charge in [0.2, 0.25) is 0 Å². The molecule has 1 saturated heterocycles. The number of aliphatic hydroxyl groups excluding tert-OH is 1. The maximum atomic E-state index is 12.9. The zero-order valence-electron chi connectivity index (χ0n) is 13.1. The number of rotatable bonds is 6. The molecule has 0 saturated carbocycles. The van der Waals surface area contributed by atoms with Gasteiger partial charge in [-0.25, -0.2) is 13.6 Å². The number of carbonyl (C=O) groups excluding carboxylic acids is 1. The Morgan fingerprint density at radius 1 is 1.39 bits per heavy atom. The number of benzene rings is 1. The summed E-state index contributed by atoms with van der Waals surface area (Å²) in [6.07, 6.45) is 0.774. The molecule has 2 atom stereocenters. The first-order valence-corrected chi connectivity index (χ1v) is 7.70. The number of amides is 2. The minimum atomic E-state index is -3.29. The topological polar surface area (TPSA) is 64.6 Å². The van der Waals surface area contributed by atoms with Crippen molar-refractivity contribution in [2.75, 3.05) is 19.7 Å². The van der Waals surface area contributed by atoms with Crippen molar-refractivity contribution in [3.8, 4) is 0 Å². The molecule has 1 aromatic carbocycles. The zero-order valence-corrected chi connectivity index (χ0v) is 13.1. The van der Waals surface area contributed by atoms with Crippen molar-refractivity contribution in [1.82, 2.24) is 15.5 Å². The molecule has 0 spiro atoms. The summed E-state index contributed by atoms with van der Waals surface area (Å²) >= 11 is 0. The van der Waals surface area contributed by atoms with Gasteiger partial charge in [-0.2, -0.15) is 0 Å². The average molecular weight is 327 g/mol. The van der Waals surface area contributed by atoms with Crippen LogP contribution in [0.1, 0.15) is 18.9 Å². The van der Waals surface area contributed by atoms with Crippen molar-refractivity contribution in [1.29, 1.82) is 0 Å².